The van der Waals surface area contributed by atoms with E-state index in [1.54, 1.807) is 30.3 Å². The highest BCUT2D eigenvalue weighted by molar-refractivity contribution is 5.68. The standard InChI is InChI=1S/C18H22O9/c1-10(19)23-9-14-15(24-11(2)20)16(25-12(3)21)17(18(22)27-14)26-13-7-5-4-6-8-13/h4-8,14-18,22H,9H2,1-3H3/t14?,15-,16-,17?,18+/m0/s1. The molecule has 1 aromatic carbocycles. The van der Waals surface area contributed by atoms with Gasteiger partial charge in [-0.15, -0.1) is 0 Å². The molecule has 1 aliphatic rings. The molecular weight excluding hydrogens is 360 g/mol. The Hall–Kier alpha value is -2.65. The van der Waals surface area contributed by atoms with Gasteiger partial charge in [-0.3, -0.25) is 14.4 Å². The second-order valence-electron chi connectivity index (χ2n) is 5.91. The average molecular weight is 382 g/mol. The molecule has 27 heavy (non-hydrogen) atoms. The Balaban J connectivity index is 2.30. The van der Waals surface area contributed by atoms with Crippen LogP contribution in [-0.4, -0.2) is 60.3 Å². The zero-order chi connectivity index (χ0) is 20.0. The lowest BCUT2D eigenvalue weighted by atomic mass is 9.98. The van der Waals surface area contributed by atoms with Gasteiger partial charge in [0.2, 0.25) is 0 Å². The number of para-hydroxylation sites is 1. The van der Waals surface area contributed by atoms with Crippen LogP contribution in [0.4, 0.5) is 0 Å². The minimum Gasteiger partial charge on any atom is -0.481 e. The van der Waals surface area contributed by atoms with Gasteiger partial charge in [-0.2, -0.15) is 0 Å². The lowest BCUT2D eigenvalue weighted by molar-refractivity contribution is -0.287. The third kappa shape index (κ3) is 5.93. The zero-order valence-corrected chi connectivity index (χ0v) is 15.2. The number of esters is 3. The van der Waals surface area contributed by atoms with Gasteiger partial charge in [0, 0.05) is 20.8 Å². The third-order valence-corrected chi connectivity index (χ3v) is 3.68. The van der Waals surface area contributed by atoms with Gasteiger partial charge in [0.1, 0.15) is 18.5 Å². The summed E-state index contributed by atoms with van der Waals surface area (Å²) in [4.78, 5) is 34.2. The van der Waals surface area contributed by atoms with E-state index in [4.69, 9.17) is 23.7 Å². The molecule has 9 nitrogen and oxygen atoms in total. The van der Waals surface area contributed by atoms with Crippen molar-refractivity contribution in [2.75, 3.05) is 6.61 Å². The van der Waals surface area contributed by atoms with Crippen molar-refractivity contribution in [2.45, 2.75) is 51.5 Å². The average Bonchev–Trinajstić information content (AvgIpc) is 2.59. The lowest BCUT2D eigenvalue weighted by Gasteiger charge is -2.43. The predicted octanol–water partition coefficient (Wildman–Crippen LogP) is 0.578. The molecule has 2 unspecified atom stereocenters. The summed E-state index contributed by atoms with van der Waals surface area (Å²) in [5.74, 6) is -1.52. The number of hydrogen-bond donors (Lipinski definition) is 1. The quantitative estimate of drug-likeness (QED) is 0.557. The largest absolute Gasteiger partial charge is 0.481 e. The highest BCUT2D eigenvalue weighted by atomic mass is 16.7. The number of aliphatic hydroxyl groups excluding tert-OH is 1. The summed E-state index contributed by atoms with van der Waals surface area (Å²) >= 11 is 0. The molecule has 1 heterocycles. The first-order chi connectivity index (χ1) is 12.8. The topological polar surface area (TPSA) is 118 Å². The third-order valence-electron chi connectivity index (χ3n) is 3.68. The van der Waals surface area contributed by atoms with Crippen molar-refractivity contribution in [3.63, 3.8) is 0 Å². The number of rotatable bonds is 6. The first-order valence-electron chi connectivity index (χ1n) is 8.31. The molecule has 0 spiro atoms. The maximum Gasteiger partial charge on any atom is 0.303 e. The second kappa shape index (κ2) is 9.33. The van der Waals surface area contributed by atoms with Gasteiger partial charge in [-0.25, -0.2) is 0 Å². The Labute approximate surface area is 156 Å². The second-order valence-corrected chi connectivity index (χ2v) is 5.91. The van der Waals surface area contributed by atoms with Gasteiger partial charge in [0.05, 0.1) is 0 Å². The summed E-state index contributed by atoms with van der Waals surface area (Å²) in [6.07, 6.45) is -6.08. The molecule has 5 atom stereocenters. The van der Waals surface area contributed by atoms with Crippen LogP contribution in [0, 0.1) is 0 Å². The van der Waals surface area contributed by atoms with E-state index in [9.17, 15) is 19.5 Å². The van der Waals surface area contributed by atoms with Crippen molar-refractivity contribution in [3.8, 4) is 5.75 Å². The van der Waals surface area contributed by atoms with E-state index in [2.05, 4.69) is 0 Å². The summed E-state index contributed by atoms with van der Waals surface area (Å²) in [5.41, 5.74) is 0. The van der Waals surface area contributed by atoms with Crippen LogP contribution in [0.15, 0.2) is 30.3 Å². The van der Waals surface area contributed by atoms with E-state index in [-0.39, 0.29) is 6.61 Å². The maximum absolute atomic E-state index is 11.6. The molecule has 0 bridgehead atoms. The number of aliphatic hydroxyl groups is 1. The Morgan fingerprint density at radius 2 is 1.52 bits per heavy atom. The van der Waals surface area contributed by atoms with Crippen LogP contribution in [0.1, 0.15) is 20.8 Å². The Morgan fingerprint density at radius 3 is 2.07 bits per heavy atom. The molecule has 2 rings (SSSR count). The van der Waals surface area contributed by atoms with Crippen LogP contribution in [0.2, 0.25) is 0 Å². The smallest absolute Gasteiger partial charge is 0.303 e. The molecule has 9 heteroatoms. The summed E-state index contributed by atoms with van der Waals surface area (Å²) in [5, 5.41) is 10.4. The molecule has 0 saturated carbocycles. The van der Waals surface area contributed by atoms with Gasteiger partial charge in [-0.05, 0) is 12.1 Å². The monoisotopic (exact) mass is 382 g/mol. The highest BCUT2D eigenvalue weighted by Crippen LogP contribution is 2.29. The molecule has 1 aliphatic heterocycles. The normalized spacial score (nSPS) is 27.3. The molecular formula is C18H22O9. The number of benzene rings is 1. The minimum absolute atomic E-state index is 0.305. The van der Waals surface area contributed by atoms with Crippen LogP contribution in [-0.2, 0) is 33.3 Å². The van der Waals surface area contributed by atoms with Gasteiger partial charge in [0.15, 0.2) is 24.6 Å². The van der Waals surface area contributed by atoms with Crippen LogP contribution in [0.5, 0.6) is 5.75 Å². The Bertz CT molecular complexity index is 660. The summed E-state index contributed by atoms with van der Waals surface area (Å²) in [6.45, 7) is 3.24. The van der Waals surface area contributed by atoms with Crippen molar-refractivity contribution in [3.05, 3.63) is 30.3 Å². The van der Waals surface area contributed by atoms with Gasteiger partial charge in [-0.1, -0.05) is 18.2 Å². The number of carbonyl (C=O) groups is 3. The molecule has 1 aromatic rings. The van der Waals surface area contributed by atoms with Crippen molar-refractivity contribution in [1.29, 1.82) is 0 Å². The van der Waals surface area contributed by atoms with Crippen molar-refractivity contribution < 1.29 is 43.2 Å². The first-order valence-corrected chi connectivity index (χ1v) is 8.31. The van der Waals surface area contributed by atoms with E-state index < -0.39 is 48.6 Å². The summed E-state index contributed by atoms with van der Waals surface area (Å²) in [6, 6.07) is 8.51. The van der Waals surface area contributed by atoms with E-state index in [0.717, 1.165) is 0 Å². The van der Waals surface area contributed by atoms with E-state index >= 15 is 0 Å². The van der Waals surface area contributed by atoms with Gasteiger partial charge >= 0.3 is 17.9 Å². The molecule has 0 radical (unpaired) electrons. The fourth-order valence-electron chi connectivity index (χ4n) is 2.67. The van der Waals surface area contributed by atoms with Crippen molar-refractivity contribution in [2.24, 2.45) is 0 Å². The molecule has 1 fully saturated rings. The van der Waals surface area contributed by atoms with E-state index in [1.165, 1.54) is 20.8 Å². The summed E-state index contributed by atoms with van der Waals surface area (Å²) < 4.78 is 26.6. The van der Waals surface area contributed by atoms with Gasteiger partial charge in [0.25, 0.3) is 0 Å². The first kappa shape index (κ1) is 20.7. The Morgan fingerprint density at radius 1 is 0.926 bits per heavy atom. The Kier molecular flexibility index (Phi) is 7.14. The van der Waals surface area contributed by atoms with Crippen molar-refractivity contribution in [1.82, 2.24) is 0 Å². The maximum atomic E-state index is 11.6. The van der Waals surface area contributed by atoms with Gasteiger partial charge < -0.3 is 28.8 Å². The van der Waals surface area contributed by atoms with E-state index in [0.29, 0.717) is 5.75 Å². The molecule has 0 aromatic heterocycles. The lowest BCUT2D eigenvalue weighted by Crippen LogP contribution is -2.63. The van der Waals surface area contributed by atoms with Crippen LogP contribution in [0.25, 0.3) is 0 Å². The molecule has 0 aliphatic carbocycles. The molecule has 0 amide bonds. The zero-order valence-electron chi connectivity index (χ0n) is 15.2. The molecule has 1 N–H and O–H groups in total. The minimum atomic E-state index is -1.53. The summed E-state index contributed by atoms with van der Waals surface area (Å²) in [7, 11) is 0. The van der Waals surface area contributed by atoms with Crippen LogP contribution < -0.4 is 4.74 Å². The highest BCUT2D eigenvalue weighted by Gasteiger charge is 2.51. The number of carbonyl (C=O) groups excluding carboxylic acids is 3. The number of hydrogen-bond acceptors (Lipinski definition) is 9. The van der Waals surface area contributed by atoms with Crippen molar-refractivity contribution >= 4 is 17.9 Å². The number of ether oxygens (including phenoxy) is 5. The fraction of sp³-hybridized carbons (Fsp3) is 0.500. The molecule has 1 saturated heterocycles. The van der Waals surface area contributed by atoms with E-state index in [1.807, 2.05) is 0 Å². The molecule has 148 valence electrons. The fourth-order valence-corrected chi connectivity index (χ4v) is 2.67. The van der Waals surface area contributed by atoms with Crippen LogP contribution >= 0.6 is 0 Å². The van der Waals surface area contributed by atoms with Crippen LogP contribution in [0.3, 0.4) is 0 Å². The SMILES string of the molecule is CC(=O)OCC1O[C@@H](O)C(Oc2ccccc2)[C@@H](OC(C)=O)[C@H]1OC(C)=O. The predicted molar refractivity (Wildman–Crippen MR) is 89.5 cm³/mol.